The molecule has 0 aliphatic heterocycles. The average Bonchev–Trinajstić information content (AvgIpc) is 2.58. The highest BCUT2D eigenvalue weighted by Crippen LogP contribution is 2.28. The van der Waals surface area contributed by atoms with Gasteiger partial charge in [0.05, 0.1) is 25.3 Å². The minimum absolute atomic E-state index is 0.107. The molecule has 4 nitrogen and oxygen atoms in total. The van der Waals surface area contributed by atoms with E-state index in [0.717, 1.165) is 5.56 Å². The Morgan fingerprint density at radius 3 is 2.52 bits per heavy atom. The van der Waals surface area contributed by atoms with Gasteiger partial charge in [-0.05, 0) is 29.8 Å². The van der Waals surface area contributed by atoms with Crippen molar-refractivity contribution < 1.29 is 13.9 Å². The first-order chi connectivity index (χ1) is 11.1. The summed E-state index contributed by atoms with van der Waals surface area (Å²) in [5, 5.41) is 0.405. The molecule has 3 aromatic rings. The van der Waals surface area contributed by atoms with Crippen molar-refractivity contribution in [2.75, 3.05) is 14.2 Å². The number of aromatic amines is 1. The van der Waals surface area contributed by atoms with E-state index in [9.17, 15) is 9.18 Å². The zero-order valence-electron chi connectivity index (χ0n) is 12.9. The zero-order chi connectivity index (χ0) is 16.4. The third-order valence-electron chi connectivity index (χ3n) is 3.78. The van der Waals surface area contributed by atoms with Crippen molar-refractivity contribution in [2.24, 2.45) is 0 Å². The molecule has 0 spiro atoms. The molecule has 5 heteroatoms. The maximum absolute atomic E-state index is 14.7. The van der Waals surface area contributed by atoms with Crippen LogP contribution in [0.25, 0.3) is 10.9 Å². The quantitative estimate of drug-likeness (QED) is 0.804. The molecule has 0 amide bonds. The lowest BCUT2D eigenvalue weighted by molar-refractivity contribution is 0.354. The second kappa shape index (κ2) is 6.12. The van der Waals surface area contributed by atoms with Crippen molar-refractivity contribution >= 4 is 10.9 Å². The van der Waals surface area contributed by atoms with Crippen LogP contribution in [0, 0.1) is 5.82 Å². The van der Waals surface area contributed by atoms with Crippen LogP contribution >= 0.6 is 0 Å². The maximum Gasteiger partial charge on any atom is 0.254 e. The fraction of sp³-hybridized carbons (Fsp3) is 0.167. The number of ether oxygens (including phenoxy) is 2. The van der Waals surface area contributed by atoms with Crippen molar-refractivity contribution in [3.63, 3.8) is 0 Å². The van der Waals surface area contributed by atoms with E-state index in [4.69, 9.17) is 9.47 Å². The van der Waals surface area contributed by atoms with E-state index in [0.29, 0.717) is 22.4 Å². The van der Waals surface area contributed by atoms with E-state index >= 15 is 0 Å². The molecule has 0 unspecified atom stereocenters. The monoisotopic (exact) mass is 313 g/mol. The molecule has 0 bridgehead atoms. The van der Waals surface area contributed by atoms with E-state index in [1.807, 2.05) is 0 Å². The number of halogens is 1. The summed E-state index contributed by atoms with van der Waals surface area (Å²) in [6.07, 6.45) is 0.173. The highest BCUT2D eigenvalue weighted by Gasteiger charge is 2.14. The molecule has 0 atom stereocenters. The molecule has 0 saturated heterocycles. The molecule has 0 aliphatic carbocycles. The summed E-state index contributed by atoms with van der Waals surface area (Å²) in [5.41, 5.74) is 0.945. The van der Waals surface area contributed by atoms with E-state index in [1.165, 1.54) is 7.11 Å². The molecule has 0 radical (unpaired) electrons. The van der Waals surface area contributed by atoms with E-state index < -0.39 is 11.4 Å². The Morgan fingerprint density at radius 1 is 1.04 bits per heavy atom. The maximum atomic E-state index is 14.7. The molecule has 0 fully saturated rings. The number of hydrogen-bond acceptors (Lipinski definition) is 3. The van der Waals surface area contributed by atoms with Crippen LogP contribution in [0.4, 0.5) is 4.39 Å². The molecule has 0 saturated carbocycles. The largest absolute Gasteiger partial charge is 0.493 e. The topological polar surface area (TPSA) is 51.3 Å². The number of rotatable bonds is 4. The number of para-hydroxylation sites is 1. The van der Waals surface area contributed by atoms with Gasteiger partial charge in [0.1, 0.15) is 5.82 Å². The molecule has 2 aromatic carbocycles. The van der Waals surface area contributed by atoms with Gasteiger partial charge in [-0.2, -0.15) is 0 Å². The Bertz CT molecular complexity index is 918. The molecular weight excluding hydrogens is 297 g/mol. The fourth-order valence-corrected chi connectivity index (χ4v) is 2.60. The standard InChI is InChI=1S/C18H16FNO3/c1-22-15-8-7-11(10-16(15)23-2)9-13-17(19)12-5-3-4-6-14(12)20-18(13)21/h3-8,10H,9H2,1-2H3,(H,20,21). The van der Waals surface area contributed by atoms with Crippen LogP contribution in [0.3, 0.4) is 0 Å². The zero-order valence-corrected chi connectivity index (χ0v) is 12.9. The number of pyridine rings is 1. The number of aromatic nitrogens is 1. The van der Waals surface area contributed by atoms with Crippen LogP contribution in [-0.4, -0.2) is 19.2 Å². The summed E-state index contributed by atoms with van der Waals surface area (Å²) in [7, 11) is 3.08. The predicted molar refractivity (Wildman–Crippen MR) is 86.9 cm³/mol. The second-order valence-corrected chi connectivity index (χ2v) is 5.16. The van der Waals surface area contributed by atoms with Crippen LogP contribution in [0.2, 0.25) is 0 Å². The van der Waals surface area contributed by atoms with Gasteiger partial charge < -0.3 is 14.5 Å². The fourth-order valence-electron chi connectivity index (χ4n) is 2.60. The second-order valence-electron chi connectivity index (χ2n) is 5.16. The van der Waals surface area contributed by atoms with Gasteiger partial charge >= 0.3 is 0 Å². The van der Waals surface area contributed by atoms with Crippen LogP contribution in [-0.2, 0) is 6.42 Å². The lowest BCUT2D eigenvalue weighted by atomic mass is 10.0. The minimum atomic E-state index is -0.487. The van der Waals surface area contributed by atoms with Gasteiger partial charge in [0.2, 0.25) is 0 Å². The van der Waals surface area contributed by atoms with Gasteiger partial charge in [0.15, 0.2) is 11.5 Å². The number of hydrogen-bond donors (Lipinski definition) is 1. The number of benzene rings is 2. The Balaban J connectivity index is 2.07. The normalized spacial score (nSPS) is 10.7. The highest BCUT2D eigenvalue weighted by molar-refractivity contribution is 5.79. The number of nitrogens with one attached hydrogen (secondary N) is 1. The predicted octanol–water partition coefficient (Wildman–Crippen LogP) is 3.28. The summed E-state index contributed by atoms with van der Waals surface area (Å²) in [4.78, 5) is 14.9. The van der Waals surface area contributed by atoms with Gasteiger partial charge in [-0.25, -0.2) is 4.39 Å². The van der Waals surface area contributed by atoms with Crippen molar-refractivity contribution in [3.05, 3.63) is 69.8 Å². The first-order valence-corrected chi connectivity index (χ1v) is 7.14. The summed E-state index contributed by atoms with van der Waals surface area (Å²) < 4.78 is 25.1. The Kier molecular flexibility index (Phi) is 4.02. The van der Waals surface area contributed by atoms with Crippen molar-refractivity contribution in [3.8, 4) is 11.5 Å². The van der Waals surface area contributed by atoms with E-state index in [2.05, 4.69) is 4.98 Å². The molecule has 1 N–H and O–H groups in total. The summed E-state index contributed by atoms with van der Waals surface area (Å²) in [5.74, 6) is 0.644. The molecule has 118 valence electrons. The van der Waals surface area contributed by atoms with Crippen LogP contribution < -0.4 is 15.0 Å². The highest BCUT2D eigenvalue weighted by atomic mass is 19.1. The number of methoxy groups -OCH3 is 2. The van der Waals surface area contributed by atoms with E-state index in [1.54, 1.807) is 49.6 Å². The SMILES string of the molecule is COc1ccc(Cc2c(F)c3ccccc3[nH]c2=O)cc1OC. The summed E-state index contributed by atoms with van der Waals surface area (Å²) in [6.45, 7) is 0. The first kappa shape index (κ1) is 15.1. The third kappa shape index (κ3) is 2.77. The molecule has 23 heavy (non-hydrogen) atoms. The van der Waals surface area contributed by atoms with Crippen LogP contribution in [0.5, 0.6) is 11.5 Å². The van der Waals surface area contributed by atoms with Gasteiger partial charge in [0, 0.05) is 11.8 Å². The van der Waals surface area contributed by atoms with Crippen LogP contribution in [0.1, 0.15) is 11.1 Å². The lowest BCUT2D eigenvalue weighted by Crippen LogP contribution is -2.16. The number of H-pyrrole nitrogens is 1. The average molecular weight is 313 g/mol. The van der Waals surface area contributed by atoms with Gasteiger partial charge in [-0.3, -0.25) is 4.79 Å². The smallest absolute Gasteiger partial charge is 0.254 e. The summed E-state index contributed by atoms with van der Waals surface area (Å²) >= 11 is 0. The molecule has 3 rings (SSSR count). The van der Waals surface area contributed by atoms with Gasteiger partial charge in [-0.1, -0.05) is 18.2 Å². The summed E-state index contributed by atoms with van der Waals surface area (Å²) in [6, 6.07) is 12.1. The molecule has 1 aromatic heterocycles. The van der Waals surface area contributed by atoms with E-state index in [-0.39, 0.29) is 12.0 Å². The third-order valence-corrected chi connectivity index (χ3v) is 3.78. The van der Waals surface area contributed by atoms with Crippen molar-refractivity contribution in [1.29, 1.82) is 0 Å². The Hall–Kier alpha value is -2.82. The molecular formula is C18H16FNO3. The lowest BCUT2D eigenvalue weighted by Gasteiger charge is -2.10. The minimum Gasteiger partial charge on any atom is -0.493 e. The van der Waals surface area contributed by atoms with Crippen molar-refractivity contribution in [2.45, 2.75) is 6.42 Å². The molecule has 1 heterocycles. The Labute approximate surface area is 132 Å². The molecule has 0 aliphatic rings. The van der Waals surface area contributed by atoms with Gasteiger partial charge in [-0.15, -0.1) is 0 Å². The first-order valence-electron chi connectivity index (χ1n) is 7.14. The van der Waals surface area contributed by atoms with Crippen LogP contribution in [0.15, 0.2) is 47.3 Å². The Morgan fingerprint density at radius 2 is 1.78 bits per heavy atom. The number of fused-ring (bicyclic) bond motifs is 1. The van der Waals surface area contributed by atoms with Gasteiger partial charge in [0.25, 0.3) is 5.56 Å². The van der Waals surface area contributed by atoms with Crippen molar-refractivity contribution in [1.82, 2.24) is 4.98 Å².